The van der Waals surface area contributed by atoms with Gasteiger partial charge in [-0.3, -0.25) is 0 Å². The van der Waals surface area contributed by atoms with Crippen LogP contribution in [0.5, 0.6) is 0 Å². The van der Waals surface area contributed by atoms with E-state index in [1.54, 1.807) is 6.07 Å². The molecule has 0 aromatic heterocycles. The second kappa shape index (κ2) is 4.93. The third kappa shape index (κ3) is 2.25. The van der Waals surface area contributed by atoms with Crippen LogP contribution in [0.3, 0.4) is 0 Å². The van der Waals surface area contributed by atoms with E-state index in [2.05, 4.69) is 6.92 Å². The quantitative estimate of drug-likeness (QED) is 0.855. The van der Waals surface area contributed by atoms with E-state index in [1.807, 2.05) is 6.07 Å². The molecular weight excluding hydrogens is 205 g/mol. The highest BCUT2D eigenvalue weighted by atomic mass is 19.1. The molecule has 0 aliphatic carbocycles. The summed E-state index contributed by atoms with van der Waals surface area (Å²) in [5.41, 5.74) is 7.06. The van der Waals surface area contributed by atoms with Crippen LogP contribution in [0.2, 0.25) is 0 Å². The summed E-state index contributed by atoms with van der Waals surface area (Å²) in [5.74, 6) is 0.0895. The summed E-state index contributed by atoms with van der Waals surface area (Å²) in [6.07, 6.45) is 2.16. The zero-order chi connectivity index (χ0) is 11.5. The fourth-order valence-electron chi connectivity index (χ4n) is 2.46. The van der Waals surface area contributed by atoms with Crippen molar-refractivity contribution in [1.29, 1.82) is 0 Å². The molecule has 1 heterocycles. The van der Waals surface area contributed by atoms with Gasteiger partial charge in [-0.05, 0) is 30.5 Å². The fraction of sp³-hybridized carbons (Fsp3) is 0.538. The highest BCUT2D eigenvalue weighted by Crippen LogP contribution is 2.33. The van der Waals surface area contributed by atoms with Crippen LogP contribution in [0.4, 0.5) is 4.39 Å². The third-order valence-corrected chi connectivity index (χ3v) is 3.36. The Labute approximate surface area is 95.6 Å². The van der Waals surface area contributed by atoms with Crippen LogP contribution in [0.15, 0.2) is 24.3 Å². The van der Waals surface area contributed by atoms with Gasteiger partial charge < -0.3 is 10.5 Å². The second-order valence-electron chi connectivity index (χ2n) is 4.35. The Hall–Kier alpha value is -0.930. The minimum absolute atomic E-state index is 0.122. The highest BCUT2D eigenvalue weighted by molar-refractivity contribution is 5.21. The standard InChI is InChI=1S/C13H18FNO/c1-2-12-11(6-7-16-12)13(15)9-4-3-5-10(14)8-9/h3-5,8,11-13H,2,6-7,15H2,1H3. The molecule has 2 nitrogen and oxygen atoms in total. The molecule has 3 atom stereocenters. The molecule has 1 aliphatic rings. The predicted octanol–water partition coefficient (Wildman–Crippen LogP) is 2.64. The molecule has 2 rings (SSSR count). The molecular formula is C13H18FNO. The molecule has 2 N–H and O–H groups in total. The average molecular weight is 223 g/mol. The number of hydrogen-bond acceptors (Lipinski definition) is 2. The highest BCUT2D eigenvalue weighted by Gasteiger charge is 2.32. The normalized spacial score (nSPS) is 26.9. The zero-order valence-corrected chi connectivity index (χ0v) is 9.53. The van der Waals surface area contributed by atoms with Crippen LogP contribution in [-0.2, 0) is 4.74 Å². The smallest absolute Gasteiger partial charge is 0.123 e. The number of ether oxygens (including phenoxy) is 1. The van der Waals surface area contributed by atoms with Gasteiger partial charge in [-0.1, -0.05) is 19.1 Å². The Bertz CT molecular complexity index is 356. The van der Waals surface area contributed by atoms with Crippen LogP contribution in [0.25, 0.3) is 0 Å². The van der Waals surface area contributed by atoms with Gasteiger partial charge in [0.1, 0.15) is 5.82 Å². The Kier molecular flexibility index (Phi) is 3.56. The molecule has 1 fully saturated rings. The average Bonchev–Trinajstić information content (AvgIpc) is 2.76. The van der Waals surface area contributed by atoms with Crippen molar-refractivity contribution in [2.24, 2.45) is 11.7 Å². The largest absolute Gasteiger partial charge is 0.378 e. The van der Waals surface area contributed by atoms with E-state index in [1.165, 1.54) is 12.1 Å². The first-order chi connectivity index (χ1) is 7.72. The first-order valence-electron chi connectivity index (χ1n) is 5.85. The lowest BCUT2D eigenvalue weighted by Gasteiger charge is -2.24. The van der Waals surface area contributed by atoms with E-state index in [-0.39, 0.29) is 18.0 Å². The van der Waals surface area contributed by atoms with Crippen LogP contribution in [0.1, 0.15) is 31.4 Å². The van der Waals surface area contributed by atoms with E-state index in [9.17, 15) is 4.39 Å². The van der Waals surface area contributed by atoms with Gasteiger partial charge in [-0.15, -0.1) is 0 Å². The van der Waals surface area contributed by atoms with Crippen molar-refractivity contribution in [2.45, 2.75) is 31.9 Å². The van der Waals surface area contributed by atoms with Gasteiger partial charge in [0.25, 0.3) is 0 Å². The first-order valence-corrected chi connectivity index (χ1v) is 5.85. The molecule has 0 amide bonds. The molecule has 16 heavy (non-hydrogen) atoms. The van der Waals surface area contributed by atoms with Crippen molar-refractivity contribution in [1.82, 2.24) is 0 Å². The summed E-state index contributed by atoms with van der Waals surface area (Å²) >= 11 is 0. The molecule has 0 radical (unpaired) electrons. The van der Waals surface area contributed by atoms with Gasteiger partial charge in [0, 0.05) is 18.6 Å². The lowest BCUT2D eigenvalue weighted by molar-refractivity contribution is 0.0813. The van der Waals surface area contributed by atoms with Gasteiger partial charge in [0.05, 0.1) is 6.10 Å². The molecule has 1 aliphatic heterocycles. The fourth-order valence-corrected chi connectivity index (χ4v) is 2.46. The molecule has 3 unspecified atom stereocenters. The van der Waals surface area contributed by atoms with E-state index in [0.29, 0.717) is 5.92 Å². The molecule has 0 bridgehead atoms. The summed E-state index contributed by atoms with van der Waals surface area (Å²) in [7, 11) is 0. The van der Waals surface area contributed by atoms with Gasteiger partial charge in [0.2, 0.25) is 0 Å². The molecule has 88 valence electrons. The molecule has 0 saturated carbocycles. The second-order valence-corrected chi connectivity index (χ2v) is 4.35. The maximum absolute atomic E-state index is 13.1. The Balaban J connectivity index is 2.15. The predicted molar refractivity (Wildman–Crippen MR) is 61.5 cm³/mol. The van der Waals surface area contributed by atoms with Crippen molar-refractivity contribution in [3.05, 3.63) is 35.6 Å². The number of nitrogens with two attached hydrogens (primary N) is 1. The van der Waals surface area contributed by atoms with E-state index in [0.717, 1.165) is 25.0 Å². The summed E-state index contributed by atoms with van der Waals surface area (Å²) in [5, 5.41) is 0. The Morgan fingerprint density at radius 2 is 2.38 bits per heavy atom. The number of benzene rings is 1. The van der Waals surface area contributed by atoms with Gasteiger partial charge in [-0.2, -0.15) is 0 Å². The van der Waals surface area contributed by atoms with Gasteiger partial charge in [0.15, 0.2) is 0 Å². The summed E-state index contributed by atoms with van der Waals surface area (Å²) < 4.78 is 18.7. The number of halogens is 1. The number of rotatable bonds is 3. The van der Waals surface area contributed by atoms with Crippen molar-refractivity contribution in [3.63, 3.8) is 0 Å². The summed E-state index contributed by atoms with van der Waals surface area (Å²) in [6, 6.07) is 6.44. The van der Waals surface area contributed by atoms with E-state index < -0.39 is 0 Å². The van der Waals surface area contributed by atoms with Crippen LogP contribution >= 0.6 is 0 Å². The summed E-state index contributed by atoms with van der Waals surface area (Å²) in [4.78, 5) is 0. The minimum Gasteiger partial charge on any atom is -0.378 e. The molecule has 1 saturated heterocycles. The van der Waals surface area contributed by atoms with Crippen molar-refractivity contribution >= 4 is 0 Å². The van der Waals surface area contributed by atoms with Crippen LogP contribution in [-0.4, -0.2) is 12.7 Å². The molecule has 1 aromatic rings. The lowest BCUT2D eigenvalue weighted by Crippen LogP contribution is -2.28. The van der Waals surface area contributed by atoms with Crippen LogP contribution in [0, 0.1) is 11.7 Å². The van der Waals surface area contributed by atoms with Crippen molar-refractivity contribution < 1.29 is 9.13 Å². The topological polar surface area (TPSA) is 35.2 Å². The van der Waals surface area contributed by atoms with Gasteiger partial charge >= 0.3 is 0 Å². The maximum atomic E-state index is 13.1. The Morgan fingerprint density at radius 3 is 3.06 bits per heavy atom. The van der Waals surface area contributed by atoms with Crippen molar-refractivity contribution in [3.8, 4) is 0 Å². The first kappa shape index (κ1) is 11.6. The monoisotopic (exact) mass is 223 g/mol. The SMILES string of the molecule is CCC1OCCC1C(N)c1cccc(F)c1. The maximum Gasteiger partial charge on any atom is 0.123 e. The third-order valence-electron chi connectivity index (χ3n) is 3.36. The van der Waals surface area contributed by atoms with Crippen molar-refractivity contribution in [2.75, 3.05) is 6.61 Å². The lowest BCUT2D eigenvalue weighted by atomic mass is 9.87. The zero-order valence-electron chi connectivity index (χ0n) is 9.53. The van der Waals surface area contributed by atoms with E-state index >= 15 is 0 Å². The Morgan fingerprint density at radius 1 is 1.56 bits per heavy atom. The minimum atomic E-state index is -0.222. The summed E-state index contributed by atoms with van der Waals surface area (Å²) in [6.45, 7) is 2.87. The van der Waals surface area contributed by atoms with Gasteiger partial charge in [-0.25, -0.2) is 4.39 Å². The van der Waals surface area contributed by atoms with Crippen LogP contribution < -0.4 is 5.73 Å². The molecule has 3 heteroatoms. The van der Waals surface area contributed by atoms with E-state index in [4.69, 9.17) is 10.5 Å². The molecule has 0 spiro atoms. The number of hydrogen-bond donors (Lipinski definition) is 1. The molecule has 1 aromatic carbocycles.